The Morgan fingerprint density at radius 2 is 0.507 bits per heavy atom. The third kappa shape index (κ3) is 41.4. The van der Waals surface area contributed by atoms with Crippen LogP contribution in [0.25, 0.3) is 11.1 Å². The van der Waals surface area contributed by atoms with Crippen LogP contribution in [0.5, 0.6) is 0 Å². The lowest BCUT2D eigenvalue weighted by molar-refractivity contribution is 0.513. The van der Waals surface area contributed by atoms with Crippen molar-refractivity contribution in [3.8, 4) is 11.1 Å². The summed E-state index contributed by atoms with van der Waals surface area (Å²) >= 11 is 0. The summed E-state index contributed by atoms with van der Waals surface area (Å²) in [6, 6.07) is 16.7. The Kier molecular flexibility index (Phi) is 43.3. The van der Waals surface area contributed by atoms with Gasteiger partial charge in [0.1, 0.15) is 0 Å². The quantitative estimate of drug-likeness (QED) is 0.0371. The van der Waals surface area contributed by atoms with E-state index in [1.54, 1.807) is 0 Å². The zero-order chi connectivity index (χ0) is 49.5. The summed E-state index contributed by atoms with van der Waals surface area (Å²) in [5, 5.41) is 22.2. The number of benzene rings is 2. The van der Waals surface area contributed by atoms with E-state index in [2.05, 4.69) is 116 Å². The van der Waals surface area contributed by atoms with Gasteiger partial charge in [-0.2, -0.15) is 0 Å². The Bertz CT molecular complexity index is 1320. The first-order valence-electron chi connectivity index (χ1n) is 30.3. The van der Waals surface area contributed by atoms with Gasteiger partial charge in [0.15, 0.2) is 0 Å². The summed E-state index contributed by atoms with van der Waals surface area (Å²) in [5.74, 6) is 2.28. The predicted octanol–water partition coefficient (Wildman–Crippen LogP) is 16.1. The number of hydrogen-bond acceptors (Lipinski definition) is 6. The van der Waals surface area contributed by atoms with Crippen LogP contribution in [-0.2, 0) is 19.6 Å². The lowest BCUT2D eigenvalue weighted by Gasteiger charge is -2.13. The molecule has 0 aromatic heterocycles. The molecule has 0 unspecified atom stereocenters. The van der Waals surface area contributed by atoms with E-state index in [1.165, 1.54) is 240 Å². The monoisotopic (exact) mass is 959 g/mol. The molecule has 0 atom stereocenters. The van der Waals surface area contributed by atoms with Gasteiger partial charge in [0, 0.05) is 19.6 Å². The van der Waals surface area contributed by atoms with Crippen molar-refractivity contribution in [2.75, 3.05) is 58.9 Å². The highest BCUT2D eigenvalue weighted by atomic mass is 14.9. The highest BCUT2D eigenvalue weighted by molar-refractivity contribution is 5.66. The van der Waals surface area contributed by atoms with Gasteiger partial charge < -0.3 is 31.9 Å². The van der Waals surface area contributed by atoms with Gasteiger partial charge in [0.2, 0.25) is 0 Å². The number of rotatable bonds is 52. The molecule has 0 bridgehead atoms. The van der Waals surface area contributed by atoms with Crippen LogP contribution in [0, 0.1) is 17.8 Å². The molecule has 0 radical (unpaired) electrons. The van der Waals surface area contributed by atoms with Gasteiger partial charge in [-0.25, -0.2) is 0 Å². The normalized spacial score (nSPS) is 11.9. The molecule has 6 heteroatoms. The van der Waals surface area contributed by atoms with Crippen molar-refractivity contribution >= 4 is 0 Å². The molecule has 0 heterocycles. The van der Waals surface area contributed by atoms with Crippen LogP contribution in [0.3, 0.4) is 0 Å². The number of hydrogen-bond donors (Lipinski definition) is 6. The molecule has 2 aromatic carbocycles. The van der Waals surface area contributed by atoms with Crippen LogP contribution >= 0.6 is 0 Å². The molecule has 0 spiro atoms. The van der Waals surface area contributed by atoms with E-state index >= 15 is 0 Å². The van der Waals surface area contributed by atoms with E-state index in [1.807, 2.05) is 0 Å². The summed E-state index contributed by atoms with van der Waals surface area (Å²) in [4.78, 5) is 0. The molecule has 0 fully saturated rings. The third-order valence-corrected chi connectivity index (χ3v) is 13.8. The zero-order valence-corrected chi connectivity index (χ0v) is 47.0. The van der Waals surface area contributed by atoms with Crippen LogP contribution in [0.2, 0.25) is 0 Å². The van der Waals surface area contributed by atoms with Gasteiger partial charge in [0.25, 0.3) is 0 Å². The van der Waals surface area contributed by atoms with E-state index in [0.717, 1.165) is 76.7 Å². The molecule has 0 aliphatic heterocycles. The molecule has 2 aromatic rings. The average molecular weight is 960 g/mol. The first-order valence-corrected chi connectivity index (χ1v) is 30.3. The SMILES string of the molecule is CC(C)CNCCCCCCCCCCCCNCc1cccc(-c2cc(CNCCCCCCCCCCCCNCC(C)C)cc(CNCCCCCCCCCCCCNCC(C)C)c2)c1. The minimum absolute atomic E-state index is 0.759. The lowest BCUT2D eigenvalue weighted by Crippen LogP contribution is -2.20. The zero-order valence-electron chi connectivity index (χ0n) is 47.0. The van der Waals surface area contributed by atoms with E-state index in [-0.39, 0.29) is 0 Å². The van der Waals surface area contributed by atoms with Gasteiger partial charge in [-0.3, -0.25) is 0 Å². The van der Waals surface area contributed by atoms with E-state index in [9.17, 15) is 0 Å². The highest BCUT2D eigenvalue weighted by Crippen LogP contribution is 2.24. The molecule has 6 nitrogen and oxygen atoms in total. The summed E-state index contributed by atoms with van der Waals surface area (Å²) in [6.07, 6.45) is 41.4. The Hall–Kier alpha value is -1.80. The fourth-order valence-corrected chi connectivity index (χ4v) is 9.61. The first kappa shape index (κ1) is 63.3. The molecular formula is C63H118N6. The van der Waals surface area contributed by atoms with Crippen molar-refractivity contribution in [2.45, 2.75) is 254 Å². The maximum atomic E-state index is 3.82. The van der Waals surface area contributed by atoms with E-state index < -0.39 is 0 Å². The van der Waals surface area contributed by atoms with Gasteiger partial charge >= 0.3 is 0 Å². The predicted molar refractivity (Wildman–Crippen MR) is 309 cm³/mol. The third-order valence-electron chi connectivity index (χ3n) is 13.8. The van der Waals surface area contributed by atoms with Crippen molar-refractivity contribution in [3.05, 3.63) is 59.2 Å². The highest BCUT2D eigenvalue weighted by Gasteiger charge is 2.07. The maximum absolute atomic E-state index is 3.82. The standard InChI is InChI=1S/C63H118N6/c1-56(2)50-64-40-31-25-19-13-7-10-16-22-28-34-43-67-53-59-38-37-39-62(47-59)63-48-60(54-68-44-35-29-23-17-11-8-14-20-26-32-41-65-51-57(3)4)46-61(49-63)55-69-45-36-30-24-18-12-9-15-21-27-33-42-66-52-58(5)6/h37-39,46-49,56-58,64-69H,7-36,40-45,50-55H2,1-6H3. The fourth-order valence-electron chi connectivity index (χ4n) is 9.61. The van der Waals surface area contributed by atoms with Gasteiger partial charge in [-0.15, -0.1) is 0 Å². The summed E-state index contributed by atoms with van der Waals surface area (Å²) in [5.41, 5.74) is 6.92. The number of nitrogens with one attached hydrogen (secondary N) is 6. The fraction of sp³-hybridized carbons (Fsp3) is 0.810. The molecule has 0 aliphatic rings. The van der Waals surface area contributed by atoms with Crippen LogP contribution in [-0.4, -0.2) is 58.9 Å². The molecule has 0 saturated heterocycles. The molecule has 2 rings (SSSR count). The minimum Gasteiger partial charge on any atom is -0.316 e. The molecule has 0 saturated carbocycles. The minimum atomic E-state index is 0.759. The largest absolute Gasteiger partial charge is 0.316 e. The molecule has 69 heavy (non-hydrogen) atoms. The molecule has 400 valence electrons. The Labute approximate surface area is 430 Å². The average Bonchev–Trinajstić information content (AvgIpc) is 3.33. The summed E-state index contributed by atoms with van der Waals surface area (Å²) in [7, 11) is 0. The van der Waals surface area contributed by atoms with Crippen molar-refractivity contribution in [1.82, 2.24) is 31.9 Å². The lowest BCUT2D eigenvalue weighted by atomic mass is 9.98. The van der Waals surface area contributed by atoms with E-state index in [0.29, 0.717) is 0 Å². The van der Waals surface area contributed by atoms with Crippen molar-refractivity contribution < 1.29 is 0 Å². The second-order valence-electron chi connectivity index (χ2n) is 22.7. The van der Waals surface area contributed by atoms with Gasteiger partial charge in [0.05, 0.1) is 0 Å². The second kappa shape index (κ2) is 47.2. The molecule has 0 amide bonds. The van der Waals surface area contributed by atoms with Gasteiger partial charge in [-0.05, 0) is 161 Å². The summed E-state index contributed by atoms with van der Waals surface area (Å²) < 4.78 is 0. The van der Waals surface area contributed by atoms with Crippen molar-refractivity contribution in [3.63, 3.8) is 0 Å². The van der Waals surface area contributed by atoms with Crippen molar-refractivity contribution in [2.24, 2.45) is 17.8 Å². The molecule has 0 aliphatic carbocycles. The second-order valence-corrected chi connectivity index (χ2v) is 22.7. The maximum Gasteiger partial charge on any atom is 0.0205 e. The Balaban J connectivity index is 1.70. The van der Waals surface area contributed by atoms with Crippen LogP contribution in [0.1, 0.15) is 251 Å². The summed E-state index contributed by atoms with van der Waals surface area (Å²) in [6.45, 7) is 27.0. The first-order chi connectivity index (χ1) is 33.8. The van der Waals surface area contributed by atoms with Crippen LogP contribution < -0.4 is 31.9 Å². The van der Waals surface area contributed by atoms with E-state index in [4.69, 9.17) is 0 Å². The smallest absolute Gasteiger partial charge is 0.0205 e. The van der Waals surface area contributed by atoms with Crippen LogP contribution in [0.15, 0.2) is 42.5 Å². The van der Waals surface area contributed by atoms with Gasteiger partial charge in [-0.1, -0.05) is 220 Å². The Morgan fingerprint density at radius 3 is 0.797 bits per heavy atom. The van der Waals surface area contributed by atoms with Crippen molar-refractivity contribution in [1.29, 1.82) is 0 Å². The molecule has 6 N–H and O–H groups in total. The molecular weight excluding hydrogens is 841 g/mol. The van der Waals surface area contributed by atoms with Crippen LogP contribution in [0.4, 0.5) is 0 Å². The Morgan fingerprint density at radius 1 is 0.261 bits per heavy atom. The number of unbranched alkanes of at least 4 members (excludes halogenated alkanes) is 27. The topological polar surface area (TPSA) is 72.2 Å².